The van der Waals surface area contributed by atoms with Crippen molar-refractivity contribution >= 4 is 11.7 Å². The van der Waals surface area contributed by atoms with Gasteiger partial charge in [0.2, 0.25) is 5.88 Å². The van der Waals surface area contributed by atoms with E-state index in [2.05, 4.69) is 4.98 Å². The molecule has 1 heterocycles. The number of carbonyl (C=O) groups is 2. The van der Waals surface area contributed by atoms with Gasteiger partial charge in [0.25, 0.3) is 5.78 Å². The summed E-state index contributed by atoms with van der Waals surface area (Å²) in [7, 11) is 1.44. The SMILES string of the molecule is COc1ccc(C(=O)C([NH])=O)cn1. The van der Waals surface area contributed by atoms with E-state index in [4.69, 9.17) is 10.5 Å². The number of ether oxygens (including phenoxy) is 1. The lowest BCUT2D eigenvalue weighted by Crippen LogP contribution is -2.14. The molecule has 1 aromatic rings. The van der Waals surface area contributed by atoms with E-state index in [9.17, 15) is 9.59 Å². The van der Waals surface area contributed by atoms with Gasteiger partial charge in [0.05, 0.1) is 7.11 Å². The maximum Gasteiger partial charge on any atom is 0.310 e. The molecule has 5 heteroatoms. The van der Waals surface area contributed by atoms with Crippen LogP contribution in [-0.2, 0) is 4.79 Å². The number of ketones is 1. The summed E-state index contributed by atoms with van der Waals surface area (Å²) in [5.41, 5.74) is 6.67. The summed E-state index contributed by atoms with van der Waals surface area (Å²) in [6, 6.07) is 2.84. The van der Waals surface area contributed by atoms with Gasteiger partial charge in [-0.2, -0.15) is 0 Å². The van der Waals surface area contributed by atoms with Gasteiger partial charge in [0, 0.05) is 17.8 Å². The van der Waals surface area contributed by atoms with Gasteiger partial charge in [0.1, 0.15) is 0 Å². The first kappa shape index (κ1) is 9.18. The highest BCUT2D eigenvalue weighted by atomic mass is 16.5. The number of rotatable bonds is 3. The number of methoxy groups -OCH3 is 1. The predicted octanol–water partition coefficient (Wildman–Crippen LogP) is 0.0824. The summed E-state index contributed by atoms with van der Waals surface area (Å²) in [6.45, 7) is 0. The number of aromatic nitrogens is 1. The molecular weight excluding hydrogens is 172 g/mol. The van der Waals surface area contributed by atoms with Crippen LogP contribution in [0.2, 0.25) is 0 Å². The number of Topliss-reactive ketones (excluding diaryl/α,β-unsaturated/α-hetero) is 1. The highest BCUT2D eigenvalue weighted by molar-refractivity contribution is 6.41. The van der Waals surface area contributed by atoms with Crippen LogP contribution in [0, 0.1) is 0 Å². The Labute approximate surface area is 74.5 Å². The number of nitrogens with zero attached hydrogens (tertiary/aromatic N) is 1. The van der Waals surface area contributed by atoms with Crippen molar-refractivity contribution in [3.8, 4) is 5.88 Å². The summed E-state index contributed by atoms with van der Waals surface area (Å²) in [4.78, 5) is 25.0. The molecule has 1 N–H and O–H groups in total. The van der Waals surface area contributed by atoms with Crippen molar-refractivity contribution in [1.29, 1.82) is 0 Å². The summed E-state index contributed by atoms with van der Waals surface area (Å²) >= 11 is 0. The van der Waals surface area contributed by atoms with Crippen LogP contribution in [0.3, 0.4) is 0 Å². The lowest BCUT2D eigenvalue weighted by atomic mass is 10.2. The minimum absolute atomic E-state index is 0.0980. The van der Waals surface area contributed by atoms with Crippen LogP contribution >= 0.6 is 0 Å². The molecule has 0 unspecified atom stereocenters. The third kappa shape index (κ3) is 2.02. The van der Waals surface area contributed by atoms with Crippen molar-refractivity contribution in [2.45, 2.75) is 0 Å². The Hall–Kier alpha value is -1.91. The van der Waals surface area contributed by atoms with Crippen LogP contribution in [0.25, 0.3) is 0 Å². The van der Waals surface area contributed by atoms with Gasteiger partial charge in [-0.25, -0.2) is 4.98 Å². The van der Waals surface area contributed by atoms with E-state index in [1.54, 1.807) is 0 Å². The van der Waals surface area contributed by atoms with Crippen molar-refractivity contribution < 1.29 is 14.3 Å². The van der Waals surface area contributed by atoms with E-state index in [0.717, 1.165) is 0 Å². The molecule has 0 saturated carbocycles. The maximum absolute atomic E-state index is 10.9. The molecule has 13 heavy (non-hydrogen) atoms. The van der Waals surface area contributed by atoms with Crippen LogP contribution in [0.4, 0.5) is 0 Å². The van der Waals surface area contributed by atoms with E-state index in [0.29, 0.717) is 5.88 Å². The first-order valence-corrected chi connectivity index (χ1v) is 3.45. The van der Waals surface area contributed by atoms with Gasteiger partial charge in [-0.1, -0.05) is 0 Å². The zero-order chi connectivity index (χ0) is 9.84. The van der Waals surface area contributed by atoms with E-state index in [1.165, 1.54) is 25.4 Å². The van der Waals surface area contributed by atoms with Crippen molar-refractivity contribution in [2.24, 2.45) is 0 Å². The Morgan fingerprint density at radius 3 is 2.54 bits per heavy atom. The average Bonchev–Trinajstić information content (AvgIpc) is 2.17. The number of pyridine rings is 1. The Bertz CT molecular complexity index is 332. The monoisotopic (exact) mass is 179 g/mol. The number of hydrogen-bond donors (Lipinski definition) is 0. The molecule has 0 atom stereocenters. The van der Waals surface area contributed by atoms with Crippen molar-refractivity contribution in [3.05, 3.63) is 23.9 Å². The second-order valence-electron chi connectivity index (χ2n) is 2.25. The normalized spacial score (nSPS) is 9.31. The van der Waals surface area contributed by atoms with Gasteiger partial charge in [-0.05, 0) is 6.07 Å². The predicted molar refractivity (Wildman–Crippen MR) is 43.2 cm³/mol. The minimum Gasteiger partial charge on any atom is -0.481 e. The number of hydrogen-bond acceptors (Lipinski definition) is 4. The second kappa shape index (κ2) is 3.66. The average molecular weight is 179 g/mol. The smallest absolute Gasteiger partial charge is 0.310 e. The Morgan fingerprint density at radius 1 is 1.46 bits per heavy atom. The zero-order valence-corrected chi connectivity index (χ0v) is 6.90. The molecule has 1 aromatic heterocycles. The number of amides is 1. The van der Waals surface area contributed by atoms with Crippen molar-refractivity contribution in [1.82, 2.24) is 10.7 Å². The van der Waals surface area contributed by atoms with Crippen LogP contribution in [0.15, 0.2) is 18.3 Å². The molecule has 5 nitrogen and oxygen atoms in total. The van der Waals surface area contributed by atoms with Crippen LogP contribution in [0.1, 0.15) is 10.4 Å². The third-order valence-corrected chi connectivity index (χ3v) is 1.41. The van der Waals surface area contributed by atoms with Crippen LogP contribution in [0.5, 0.6) is 5.88 Å². The molecule has 1 amide bonds. The van der Waals surface area contributed by atoms with Gasteiger partial charge in [-0.15, -0.1) is 0 Å². The third-order valence-electron chi connectivity index (χ3n) is 1.41. The van der Waals surface area contributed by atoms with Crippen LogP contribution in [-0.4, -0.2) is 23.8 Å². The lowest BCUT2D eigenvalue weighted by molar-refractivity contribution is -0.114. The van der Waals surface area contributed by atoms with Crippen LogP contribution < -0.4 is 10.5 Å². The molecule has 0 spiro atoms. The molecule has 0 aliphatic rings. The first-order valence-electron chi connectivity index (χ1n) is 3.45. The maximum atomic E-state index is 10.9. The molecular formula is C8H7N2O3. The lowest BCUT2D eigenvalue weighted by Gasteiger charge is -1.98. The molecule has 0 aliphatic carbocycles. The molecule has 0 bridgehead atoms. The van der Waals surface area contributed by atoms with E-state index in [-0.39, 0.29) is 5.56 Å². The van der Waals surface area contributed by atoms with E-state index >= 15 is 0 Å². The topological polar surface area (TPSA) is 80.1 Å². The summed E-state index contributed by atoms with van der Waals surface area (Å²) in [6.07, 6.45) is 1.20. The molecule has 1 radical (unpaired) electrons. The fraction of sp³-hybridized carbons (Fsp3) is 0.125. The standard InChI is InChI=1S/C8H7N2O3/c1-13-6-3-2-5(4-10-6)7(11)8(9)12/h2-4,9H,1H3. The Balaban J connectivity index is 2.92. The van der Waals surface area contributed by atoms with Gasteiger partial charge in [0.15, 0.2) is 0 Å². The second-order valence-corrected chi connectivity index (χ2v) is 2.25. The van der Waals surface area contributed by atoms with E-state index < -0.39 is 11.7 Å². The molecule has 1 rings (SSSR count). The fourth-order valence-electron chi connectivity index (χ4n) is 0.766. The summed E-state index contributed by atoms with van der Waals surface area (Å²) in [5, 5.41) is 0. The summed E-state index contributed by atoms with van der Waals surface area (Å²) in [5.74, 6) is -1.75. The first-order chi connectivity index (χ1) is 6.15. The zero-order valence-electron chi connectivity index (χ0n) is 6.90. The minimum atomic E-state index is -1.24. The fourth-order valence-corrected chi connectivity index (χ4v) is 0.766. The van der Waals surface area contributed by atoms with Crippen molar-refractivity contribution in [2.75, 3.05) is 7.11 Å². The van der Waals surface area contributed by atoms with Crippen molar-refractivity contribution in [3.63, 3.8) is 0 Å². The largest absolute Gasteiger partial charge is 0.481 e. The Kier molecular flexibility index (Phi) is 2.59. The number of nitrogens with one attached hydrogen (secondary N) is 1. The molecule has 0 aliphatic heterocycles. The van der Waals surface area contributed by atoms with Gasteiger partial charge in [-0.3, -0.25) is 15.3 Å². The quantitative estimate of drug-likeness (QED) is 0.486. The van der Waals surface area contributed by atoms with E-state index in [1.807, 2.05) is 0 Å². The highest BCUT2D eigenvalue weighted by Crippen LogP contribution is 2.06. The molecule has 67 valence electrons. The number of carbonyl (C=O) groups excluding carboxylic acids is 2. The Morgan fingerprint density at radius 2 is 2.15 bits per heavy atom. The molecule has 0 fully saturated rings. The highest BCUT2D eigenvalue weighted by Gasteiger charge is 2.12. The van der Waals surface area contributed by atoms with Gasteiger partial charge < -0.3 is 4.74 Å². The molecule has 0 aromatic carbocycles. The summed E-state index contributed by atoms with van der Waals surface area (Å²) < 4.78 is 4.76. The van der Waals surface area contributed by atoms with Gasteiger partial charge >= 0.3 is 5.91 Å². The molecule has 0 saturated heterocycles.